The van der Waals surface area contributed by atoms with Gasteiger partial charge < -0.3 is 10.1 Å². The summed E-state index contributed by atoms with van der Waals surface area (Å²) < 4.78 is 33.0. The van der Waals surface area contributed by atoms with Crippen LogP contribution in [-0.2, 0) is 15.4 Å². The van der Waals surface area contributed by atoms with Gasteiger partial charge in [0.05, 0.1) is 6.54 Å². The van der Waals surface area contributed by atoms with Gasteiger partial charge in [-0.15, -0.1) is 11.3 Å². The zero-order valence-electron chi connectivity index (χ0n) is 16.3. The molecule has 6 nitrogen and oxygen atoms in total. The van der Waals surface area contributed by atoms with E-state index in [1.165, 1.54) is 11.6 Å². The highest BCUT2D eigenvalue weighted by Gasteiger charge is 2.31. The van der Waals surface area contributed by atoms with Crippen LogP contribution in [0.1, 0.15) is 48.8 Å². The maximum absolute atomic E-state index is 12.4. The lowest BCUT2D eigenvalue weighted by Crippen LogP contribution is -2.31. The minimum absolute atomic E-state index is 0.00103. The topological polar surface area (TPSA) is 84.5 Å². The van der Waals surface area contributed by atoms with Crippen LogP contribution in [0.15, 0.2) is 40.6 Å². The van der Waals surface area contributed by atoms with Crippen molar-refractivity contribution in [1.82, 2.24) is 10.0 Å². The second-order valence-corrected chi connectivity index (χ2v) is 10.5. The van der Waals surface area contributed by atoms with Crippen molar-refractivity contribution >= 4 is 27.3 Å². The van der Waals surface area contributed by atoms with E-state index in [0.29, 0.717) is 6.61 Å². The second-order valence-electron chi connectivity index (χ2n) is 7.89. The van der Waals surface area contributed by atoms with Crippen LogP contribution >= 0.6 is 11.3 Å². The van der Waals surface area contributed by atoms with E-state index in [1.54, 1.807) is 5.38 Å². The molecule has 2 N–H and O–H groups in total. The fraction of sp³-hybridized carbons (Fsp3) is 0.450. The van der Waals surface area contributed by atoms with E-state index in [-0.39, 0.29) is 27.8 Å². The van der Waals surface area contributed by atoms with Gasteiger partial charge in [0.15, 0.2) is 0 Å². The maximum atomic E-state index is 12.4. The van der Waals surface area contributed by atoms with Gasteiger partial charge in [-0.2, -0.15) is 0 Å². The molecular formula is C20H26N2O4S2. The summed E-state index contributed by atoms with van der Waals surface area (Å²) in [6.45, 7) is 7.04. The third kappa shape index (κ3) is 5.33. The molecule has 1 fully saturated rings. The minimum atomic E-state index is -3.65. The number of nitrogens with one attached hydrogen (secondary N) is 2. The van der Waals surface area contributed by atoms with E-state index in [9.17, 15) is 13.2 Å². The maximum Gasteiger partial charge on any atom is 0.262 e. The van der Waals surface area contributed by atoms with Crippen LogP contribution in [-0.4, -0.2) is 33.5 Å². The van der Waals surface area contributed by atoms with E-state index in [4.69, 9.17) is 4.74 Å². The van der Waals surface area contributed by atoms with E-state index in [0.717, 1.165) is 29.9 Å². The van der Waals surface area contributed by atoms with Crippen molar-refractivity contribution in [2.24, 2.45) is 0 Å². The molecule has 2 aromatic rings. The number of carbonyl (C=O) groups excluding carboxylic acids is 1. The molecule has 0 saturated heterocycles. The highest BCUT2D eigenvalue weighted by molar-refractivity contribution is 7.89. The molecule has 1 aromatic heterocycles. The number of rotatable bonds is 8. The van der Waals surface area contributed by atoms with Crippen molar-refractivity contribution in [2.45, 2.75) is 50.0 Å². The number of ether oxygens (including phenoxy) is 1. The molecule has 28 heavy (non-hydrogen) atoms. The van der Waals surface area contributed by atoms with Crippen molar-refractivity contribution in [3.8, 4) is 5.75 Å². The van der Waals surface area contributed by atoms with Gasteiger partial charge in [0.2, 0.25) is 10.0 Å². The number of sulfonamides is 1. The molecule has 0 atom stereocenters. The molecule has 3 rings (SSSR count). The van der Waals surface area contributed by atoms with E-state index in [2.05, 4.69) is 30.8 Å². The van der Waals surface area contributed by atoms with E-state index in [1.807, 2.05) is 24.3 Å². The molecule has 0 radical (unpaired) electrons. The Morgan fingerprint density at radius 1 is 1.18 bits per heavy atom. The van der Waals surface area contributed by atoms with E-state index >= 15 is 0 Å². The highest BCUT2D eigenvalue weighted by atomic mass is 32.2. The Balaban J connectivity index is 1.51. The summed E-state index contributed by atoms with van der Waals surface area (Å²) in [4.78, 5) is 12.6. The predicted molar refractivity (Wildman–Crippen MR) is 111 cm³/mol. The summed E-state index contributed by atoms with van der Waals surface area (Å²) in [6.07, 6.45) is 1.69. The van der Waals surface area contributed by atoms with Gasteiger partial charge in [-0.3, -0.25) is 4.79 Å². The molecule has 0 unspecified atom stereocenters. The standard InChI is InChI=1S/C20H26N2O4S2/c1-20(2,3)14-4-8-16(9-5-14)26-12-11-21-19(23)18-17(10-13-27-18)28(24,25)22-15-6-7-15/h4-5,8-10,13,15,22H,6-7,11-12H2,1-3H3,(H,21,23). The lowest BCUT2D eigenvalue weighted by atomic mass is 9.87. The number of thiophene rings is 1. The van der Waals surface area contributed by atoms with Crippen molar-refractivity contribution in [3.63, 3.8) is 0 Å². The smallest absolute Gasteiger partial charge is 0.262 e. The van der Waals surface area contributed by atoms with Crippen molar-refractivity contribution < 1.29 is 17.9 Å². The third-order valence-corrected chi connectivity index (χ3v) is 7.01. The largest absolute Gasteiger partial charge is 0.492 e. The molecule has 0 aliphatic heterocycles. The quantitative estimate of drug-likeness (QED) is 0.640. The summed E-state index contributed by atoms with van der Waals surface area (Å²) in [5, 5.41) is 4.34. The van der Waals surface area contributed by atoms with Crippen molar-refractivity contribution in [2.75, 3.05) is 13.2 Å². The molecule has 1 aliphatic carbocycles. The highest BCUT2D eigenvalue weighted by Crippen LogP contribution is 2.26. The SMILES string of the molecule is CC(C)(C)c1ccc(OCCNC(=O)c2sccc2S(=O)(=O)NC2CC2)cc1. The summed E-state index contributed by atoms with van der Waals surface area (Å²) >= 11 is 1.12. The molecule has 0 spiro atoms. The zero-order chi connectivity index (χ0) is 20.4. The van der Waals surface area contributed by atoms with Crippen LogP contribution in [0.2, 0.25) is 0 Å². The Bertz CT molecular complexity index is 924. The van der Waals surface area contributed by atoms with Gasteiger partial charge in [0.1, 0.15) is 22.1 Å². The fourth-order valence-corrected chi connectivity index (χ4v) is 5.27. The average molecular weight is 423 g/mol. The van der Waals surface area contributed by atoms with Crippen molar-refractivity contribution in [1.29, 1.82) is 0 Å². The lowest BCUT2D eigenvalue weighted by molar-refractivity contribution is 0.0948. The average Bonchev–Trinajstić information content (AvgIpc) is 3.27. The minimum Gasteiger partial charge on any atom is -0.492 e. The number of hydrogen-bond acceptors (Lipinski definition) is 5. The summed E-state index contributed by atoms with van der Waals surface area (Å²) in [5.41, 5.74) is 1.30. The number of carbonyl (C=O) groups is 1. The predicted octanol–water partition coefficient (Wildman–Crippen LogP) is 3.30. The second kappa shape index (κ2) is 8.23. The Hall–Kier alpha value is -1.90. The van der Waals surface area contributed by atoms with Crippen LogP contribution in [0.5, 0.6) is 5.75 Å². The molecule has 8 heteroatoms. The molecule has 1 saturated carbocycles. The first kappa shape index (κ1) is 20.8. The molecule has 152 valence electrons. The van der Waals surface area contributed by atoms with Crippen LogP contribution in [0.4, 0.5) is 0 Å². The first-order valence-electron chi connectivity index (χ1n) is 9.28. The lowest BCUT2D eigenvalue weighted by Gasteiger charge is -2.19. The summed E-state index contributed by atoms with van der Waals surface area (Å²) in [7, 11) is -3.65. The van der Waals surface area contributed by atoms with Gasteiger partial charge in [0, 0.05) is 6.04 Å². The van der Waals surface area contributed by atoms with Gasteiger partial charge in [0.25, 0.3) is 5.91 Å². The molecule has 1 aromatic carbocycles. The van der Waals surface area contributed by atoms with Gasteiger partial charge in [-0.05, 0) is 47.4 Å². The molecule has 0 bridgehead atoms. The Labute approximate surface area is 170 Å². The van der Waals surface area contributed by atoms with Crippen molar-refractivity contribution in [3.05, 3.63) is 46.2 Å². The molecule has 1 heterocycles. The van der Waals surface area contributed by atoms with Gasteiger partial charge >= 0.3 is 0 Å². The monoisotopic (exact) mass is 422 g/mol. The van der Waals surface area contributed by atoms with Crippen LogP contribution < -0.4 is 14.8 Å². The fourth-order valence-electron chi connectivity index (χ4n) is 2.62. The Kier molecular flexibility index (Phi) is 6.12. The van der Waals surface area contributed by atoms with E-state index < -0.39 is 15.9 Å². The Morgan fingerprint density at radius 3 is 2.46 bits per heavy atom. The normalized spacial score (nSPS) is 14.7. The molecular weight excluding hydrogens is 396 g/mol. The summed E-state index contributed by atoms with van der Waals surface area (Å²) in [5.74, 6) is 0.327. The zero-order valence-corrected chi connectivity index (χ0v) is 18.0. The van der Waals surface area contributed by atoms with Gasteiger partial charge in [-0.1, -0.05) is 32.9 Å². The van der Waals surface area contributed by atoms with Crippen LogP contribution in [0.25, 0.3) is 0 Å². The van der Waals surface area contributed by atoms with Crippen LogP contribution in [0, 0.1) is 0 Å². The summed E-state index contributed by atoms with van der Waals surface area (Å²) in [6, 6.07) is 9.36. The first-order valence-corrected chi connectivity index (χ1v) is 11.6. The Morgan fingerprint density at radius 2 is 1.86 bits per heavy atom. The number of hydrogen-bond donors (Lipinski definition) is 2. The third-order valence-electron chi connectivity index (χ3n) is 4.40. The van der Waals surface area contributed by atoms with Gasteiger partial charge in [-0.25, -0.2) is 13.1 Å². The number of amides is 1. The number of benzene rings is 1. The molecule has 1 aliphatic rings. The molecule has 1 amide bonds. The first-order chi connectivity index (χ1) is 13.2. The van der Waals surface area contributed by atoms with Crippen LogP contribution in [0.3, 0.4) is 0 Å².